The predicted molar refractivity (Wildman–Crippen MR) is 92.4 cm³/mol. The zero-order valence-corrected chi connectivity index (χ0v) is 14.9. The number of carbonyl (C=O) groups excluding carboxylic acids is 1. The number of carbonyl (C=O) groups is 1. The highest BCUT2D eigenvalue weighted by molar-refractivity contribution is 5.84. The van der Waals surface area contributed by atoms with Gasteiger partial charge in [0.25, 0.3) is 0 Å². The molecule has 3 rings (SSSR count). The average Bonchev–Trinajstić information content (AvgIpc) is 2.96. The molecule has 7 heteroatoms. The number of aliphatic hydroxyl groups is 1. The van der Waals surface area contributed by atoms with Crippen LogP contribution < -0.4 is 4.74 Å². The Kier molecular flexibility index (Phi) is 4.28. The normalized spacial score (nSPS) is 20.8. The smallest absolute Gasteiger partial charge is 0.410 e. The third kappa shape index (κ3) is 3.51. The first-order chi connectivity index (χ1) is 11.7. The molecule has 1 fully saturated rings. The summed E-state index contributed by atoms with van der Waals surface area (Å²) >= 11 is 0. The summed E-state index contributed by atoms with van der Waals surface area (Å²) in [6, 6.07) is 5.48. The van der Waals surface area contributed by atoms with Crippen molar-refractivity contribution in [3.8, 4) is 5.88 Å². The monoisotopic (exact) mass is 345 g/mol. The van der Waals surface area contributed by atoms with Gasteiger partial charge in [-0.15, -0.1) is 0 Å². The van der Waals surface area contributed by atoms with Crippen molar-refractivity contribution >= 4 is 17.0 Å². The van der Waals surface area contributed by atoms with Crippen molar-refractivity contribution in [3.05, 3.63) is 30.1 Å². The summed E-state index contributed by atoms with van der Waals surface area (Å²) < 4.78 is 10.7. The number of nitrogens with zero attached hydrogens (tertiary/aromatic N) is 3. The first kappa shape index (κ1) is 17.4. The zero-order valence-electron chi connectivity index (χ0n) is 14.9. The molecule has 0 radical (unpaired) electrons. The van der Waals surface area contributed by atoms with E-state index in [0.29, 0.717) is 24.4 Å². The van der Waals surface area contributed by atoms with Gasteiger partial charge >= 0.3 is 6.09 Å². The molecular weight excluding hydrogens is 322 g/mol. The maximum absolute atomic E-state index is 12.2. The van der Waals surface area contributed by atoms with Crippen LogP contribution in [0.2, 0.25) is 0 Å². The second-order valence-corrected chi connectivity index (χ2v) is 7.30. The van der Waals surface area contributed by atoms with Crippen molar-refractivity contribution in [2.75, 3.05) is 20.2 Å². The van der Waals surface area contributed by atoms with Crippen molar-refractivity contribution in [1.82, 2.24) is 14.9 Å². The van der Waals surface area contributed by atoms with Crippen molar-refractivity contribution in [3.63, 3.8) is 0 Å². The van der Waals surface area contributed by atoms with E-state index in [1.165, 1.54) is 11.2 Å². The highest BCUT2D eigenvalue weighted by atomic mass is 16.6. The van der Waals surface area contributed by atoms with Gasteiger partial charge in [0.2, 0.25) is 5.88 Å². The lowest BCUT2D eigenvalue weighted by Crippen LogP contribution is -2.38. The summed E-state index contributed by atoms with van der Waals surface area (Å²) in [5, 5.41) is 11.8. The Hall–Kier alpha value is -2.41. The second kappa shape index (κ2) is 6.15. The van der Waals surface area contributed by atoms with Crippen molar-refractivity contribution in [2.24, 2.45) is 0 Å². The Morgan fingerprint density at radius 3 is 2.76 bits per heavy atom. The van der Waals surface area contributed by atoms with Crippen LogP contribution in [-0.4, -0.2) is 51.9 Å². The minimum absolute atomic E-state index is 0.184. The molecule has 7 nitrogen and oxygen atoms in total. The minimum Gasteiger partial charge on any atom is -0.480 e. The molecule has 25 heavy (non-hydrogen) atoms. The number of β-amino-alcohol motifs (C(OH)–C–C–N with tert-alkyl or cyclic N) is 1. The van der Waals surface area contributed by atoms with E-state index in [1.807, 2.05) is 39.0 Å². The quantitative estimate of drug-likeness (QED) is 0.900. The van der Waals surface area contributed by atoms with Gasteiger partial charge in [-0.1, -0.05) is 6.07 Å². The summed E-state index contributed by atoms with van der Waals surface area (Å²) in [7, 11) is 1.54. The SMILES string of the molecule is COc1ncnc2ccc(C3(O)CCN(C(=O)OC(C)(C)C)C3)cc12. The number of aromatic nitrogens is 2. The minimum atomic E-state index is -1.13. The summed E-state index contributed by atoms with van der Waals surface area (Å²) in [4.78, 5) is 22.1. The molecule has 1 amide bonds. The molecule has 0 aliphatic carbocycles. The molecule has 1 N–H and O–H groups in total. The van der Waals surface area contributed by atoms with Crippen LogP contribution in [0.4, 0.5) is 4.79 Å². The number of hydrogen-bond donors (Lipinski definition) is 1. The van der Waals surface area contributed by atoms with E-state index in [0.717, 1.165) is 10.9 Å². The molecule has 2 heterocycles. The number of methoxy groups -OCH3 is 1. The number of amides is 1. The molecule has 1 unspecified atom stereocenters. The Morgan fingerprint density at radius 1 is 1.32 bits per heavy atom. The molecule has 2 aromatic rings. The van der Waals surface area contributed by atoms with E-state index in [-0.39, 0.29) is 6.54 Å². The lowest BCUT2D eigenvalue weighted by atomic mass is 9.92. The number of likely N-dealkylation sites (tertiary alicyclic amines) is 1. The fourth-order valence-corrected chi connectivity index (χ4v) is 3.00. The molecular formula is C18H23N3O4. The van der Waals surface area contributed by atoms with Crippen LogP contribution in [0.25, 0.3) is 10.9 Å². The third-order valence-electron chi connectivity index (χ3n) is 4.23. The maximum Gasteiger partial charge on any atom is 0.410 e. The first-order valence-corrected chi connectivity index (χ1v) is 8.21. The van der Waals surface area contributed by atoms with Gasteiger partial charge in [0.1, 0.15) is 17.5 Å². The molecule has 1 atom stereocenters. The third-order valence-corrected chi connectivity index (χ3v) is 4.23. The summed E-state index contributed by atoms with van der Waals surface area (Å²) in [6.07, 6.45) is 1.47. The number of ether oxygens (including phenoxy) is 2. The molecule has 134 valence electrons. The Morgan fingerprint density at radius 2 is 2.08 bits per heavy atom. The van der Waals surface area contributed by atoms with Gasteiger partial charge in [0, 0.05) is 6.54 Å². The molecule has 0 spiro atoms. The van der Waals surface area contributed by atoms with Gasteiger partial charge in [-0.05, 0) is 44.9 Å². The maximum atomic E-state index is 12.2. The van der Waals surface area contributed by atoms with Gasteiger partial charge in [0.05, 0.1) is 24.6 Å². The van der Waals surface area contributed by atoms with Gasteiger partial charge < -0.3 is 19.5 Å². The largest absolute Gasteiger partial charge is 0.480 e. The van der Waals surface area contributed by atoms with E-state index < -0.39 is 17.3 Å². The number of fused-ring (bicyclic) bond motifs is 1. The summed E-state index contributed by atoms with van der Waals surface area (Å²) in [5.41, 5.74) is -0.252. The lowest BCUT2D eigenvalue weighted by molar-refractivity contribution is 0.0140. The second-order valence-electron chi connectivity index (χ2n) is 7.30. The molecule has 0 bridgehead atoms. The van der Waals surface area contributed by atoms with Crippen LogP contribution in [0.1, 0.15) is 32.8 Å². The van der Waals surface area contributed by atoms with Crippen LogP contribution in [0.3, 0.4) is 0 Å². The fourth-order valence-electron chi connectivity index (χ4n) is 3.00. The average molecular weight is 345 g/mol. The fraction of sp³-hybridized carbons (Fsp3) is 0.500. The van der Waals surface area contributed by atoms with Crippen LogP contribution >= 0.6 is 0 Å². The van der Waals surface area contributed by atoms with E-state index >= 15 is 0 Å². The lowest BCUT2D eigenvalue weighted by Gasteiger charge is -2.26. The Labute approximate surface area is 146 Å². The van der Waals surface area contributed by atoms with Crippen LogP contribution in [0, 0.1) is 0 Å². The number of rotatable bonds is 2. The summed E-state index contributed by atoms with van der Waals surface area (Å²) in [6.45, 7) is 6.09. The highest BCUT2D eigenvalue weighted by Crippen LogP contribution is 2.35. The van der Waals surface area contributed by atoms with Crippen LogP contribution in [-0.2, 0) is 10.3 Å². The molecule has 1 aromatic heterocycles. The first-order valence-electron chi connectivity index (χ1n) is 8.21. The Bertz CT molecular complexity index is 802. The molecule has 1 aliphatic rings. The van der Waals surface area contributed by atoms with Gasteiger partial charge in [-0.3, -0.25) is 0 Å². The van der Waals surface area contributed by atoms with Gasteiger partial charge in [-0.2, -0.15) is 0 Å². The Balaban J connectivity index is 1.87. The van der Waals surface area contributed by atoms with Crippen LogP contribution in [0.5, 0.6) is 5.88 Å². The van der Waals surface area contributed by atoms with E-state index in [1.54, 1.807) is 7.11 Å². The number of benzene rings is 1. The van der Waals surface area contributed by atoms with Crippen molar-refractivity contribution in [1.29, 1.82) is 0 Å². The van der Waals surface area contributed by atoms with Crippen LogP contribution in [0.15, 0.2) is 24.5 Å². The van der Waals surface area contributed by atoms with Crippen molar-refractivity contribution in [2.45, 2.75) is 38.4 Å². The van der Waals surface area contributed by atoms with E-state index in [9.17, 15) is 9.90 Å². The standard InChI is InChI=1S/C18H23N3O4/c1-17(2,3)25-16(22)21-8-7-18(23,10-21)12-5-6-14-13(9-12)15(24-4)20-11-19-14/h5-6,9,11,23H,7-8,10H2,1-4H3. The molecule has 1 saturated heterocycles. The van der Waals surface area contributed by atoms with Crippen molar-refractivity contribution < 1.29 is 19.4 Å². The topological polar surface area (TPSA) is 84.8 Å². The van der Waals surface area contributed by atoms with Gasteiger partial charge in [-0.25, -0.2) is 14.8 Å². The predicted octanol–water partition coefficient (Wildman–Crippen LogP) is 2.47. The molecule has 1 aromatic carbocycles. The van der Waals surface area contributed by atoms with E-state index in [4.69, 9.17) is 9.47 Å². The zero-order chi connectivity index (χ0) is 18.2. The van der Waals surface area contributed by atoms with E-state index in [2.05, 4.69) is 9.97 Å². The molecule has 0 saturated carbocycles. The highest BCUT2D eigenvalue weighted by Gasteiger charge is 2.41. The number of hydrogen-bond acceptors (Lipinski definition) is 6. The molecule has 1 aliphatic heterocycles. The summed E-state index contributed by atoms with van der Waals surface area (Å²) in [5.74, 6) is 0.456. The van der Waals surface area contributed by atoms with Gasteiger partial charge in [0.15, 0.2) is 0 Å².